The van der Waals surface area contributed by atoms with Crippen LogP contribution in [0.3, 0.4) is 0 Å². The first-order chi connectivity index (χ1) is 10.2. The Balaban J connectivity index is 1.81. The molecule has 3 aromatic rings. The number of nitrogens with one attached hydrogen (secondary N) is 1. The quantitative estimate of drug-likeness (QED) is 0.752. The van der Waals surface area contributed by atoms with Gasteiger partial charge in [-0.2, -0.15) is 0 Å². The van der Waals surface area contributed by atoms with Gasteiger partial charge in [-0.25, -0.2) is 14.8 Å². The number of rotatable bonds is 2. The average molecular weight is 281 g/mol. The van der Waals surface area contributed by atoms with E-state index in [1.165, 1.54) is 12.3 Å². The molecule has 21 heavy (non-hydrogen) atoms. The lowest BCUT2D eigenvalue weighted by Gasteiger charge is -2.00. The van der Waals surface area contributed by atoms with E-state index in [1.807, 2.05) is 18.2 Å². The van der Waals surface area contributed by atoms with Crippen LogP contribution in [0.2, 0.25) is 0 Å². The summed E-state index contributed by atoms with van der Waals surface area (Å²) < 4.78 is 5.48. The Bertz CT molecular complexity index is 870. The number of carboxylic acid groups (broad SMARTS) is 1. The highest BCUT2D eigenvalue weighted by Crippen LogP contribution is 2.30. The number of nitrogens with zero attached hydrogens (tertiary/aromatic N) is 2. The van der Waals surface area contributed by atoms with Crippen LogP contribution in [-0.4, -0.2) is 32.6 Å². The van der Waals surface area contributed by atoms with Gasteiger partial charge in [0, 0.05) is 18.2 Å². The summed E-state index contributed by atoms with van der Waals surface area (Å²) >= 11 is 0. The predicted molar refractivity (Wildman–Crippen MR) is 75.5 cm³/mol. The van der Waals surface area contributed by atoms with Gasteiger partial charge in [0.05, 0.1) is 17.7 Å². The lowest BCUT2D eigenvalue weighted by Crippen LogP contribution is -1.96. The van der Waals surface area contributed by atoms with Crippen LogP contribution >= 0.6 is 0 Å². The van der Waals surface area contributed by atoms with Crippen LogP contribution in [0.5, 0.6) is 5.75 Å². The molecule has 0 amide bonds. The van der Waals surface area contributed by atoms with Crippen LogP contribution in [0.4, 0.5) is 0 Å². The summed E-state index contributed by atoms with van der Waals surface area (Å²) in [5, 5.41) is 8.99. The molecule has 0 bridgehead atoms. The number of aromatic nitrogens is 3. The van der Waals surface area contributed by atoms with Crippen molar-refractivity contribution in [2.45, 2.75) is 6.42 Å². The number of imidazole rings is 1. The van der Waals surface area contributed by atoms with Gasteiger partial charge in [0.15, 0.2) is 5.65 Å². The molecule has 0 unspecified atom stereocenters. The third-order valence-corrected chi connectivity index (χ3v) is 3.55. The largest absolute Gasteiger partial charge is 0.493 e. The highest BCUT2D eigenvalue weighted by atomic mass is 16.5. The third kappa shape index (κ3) is 1.92. The normalized spacial score (nSPS) is 13.1. The van der Waals surface area contributed by atoms with Crippen LogP contribution in [0.25, 0.3) is 22.6 Å². The zero-order chi connectivity index (χ0) is 14.4. The summed E-state index contributed by atoms with van der Waals surface area (Å²) in [5.41, 5.74) is 3.36. The van der Waals surface area contributed by atoms with E-state index in [0.717, 1.165) is 23.3 Å². The van der Waals surface area contributed by atoms with Gasteiger partial charge in [-0.1, -0.05) is 0 Å². The molecule has 2 N–H and O–H groups in total. The number of hydrogen-bond donors (Lipinski definition) is 2. The van der Waals surface area contributed by atoms with Crippen molar-refractivity contribution in [3.63, 3.8) is 0 Å². The lowest BCUT2D eigenvalue weighted by molar-refractivity contribution is 0.0696. The van der Waals surface area contributed by atoms with E-state index >= 15 is 0 Å². The second kappa shape index (κ2) is 4.31. The first kappa shape index (κ1) is 11.9. The monoisotopic (exact) mass is 281 g/mol. The predicted octanol–water partition coefficient (Wildman–Crippen LogP) is 2.26. The Morgan fingerprint density at radius 1 is 1.33 bits per heavy atom. The maximum absolute atomic E-state index is 11.0. The number of benzene rings is 1. The number of aromatic carboxylic acids is 1. The smallest absolute Gasteiger partial charge is 0.337 e. The van der Waals surface area contributed by atoms with E-state index in [0.29, 0.717) is 23.6 Å². The third-order valence-electron chi connectivity index (χ3n) is 3.55. The Hall–Kier alpha value is -2.89. The van der Waals surface area contributed by atoms with Crippen molar-refractivity contribution in [3.05, 3.63) is 41.6 Å². The van der Waals surface area contributed by atoms with Gasteiger partial charge in [-0.3, -0.25) is 0 Å². The van der Waals surface area contributed by atoms with Crippen molar-refractivity contribution < 1.29 is 14.6 Å². The Morgan fingerprint density at radius 3 is 3.10 bits per heavy atom. The molecule has 0 radical (unpaired) electrons. The number of fused-ring (bicyclic) bond motifs is 2. The molecule has 4 rings (SSSR count). The molecule has 2 aromatic heterocycles. The molecule has 0 spiro atoms. The SMILES string of the molecule is O=C(O)c1cnc2nc(-c3ccc4c(c3)CCO4)[nH]c2c1. The van der Waals surface area contributed by atoms with Crippen LogP contribution in [0.1, 0.15) is 15.9 Å². The van der Waals surface area contributed by atoms with Crippen molar-refractivity contribution in [1.29, 1.82) is 0 Å². The number of carbonyl (C=O) groups is 1. The second-order valence-electron chi connectivity index (χ2n) is 4.91. The summed E-state index contributed by atoms with van der Waals surface area (Å²) in [6, 6.07) is 7.44. The van der Waals surface area contributed by atoms with Crippen molar-refractivity contribution in [2.75, 3.05) is 6.61 Å². The number of carboxylic acids is 1. The van der Waals surface area contributed by atoms with Gasteiger partial charge in [0.25, 0.3) is 0 Å². The zero-order valence-corrected chi connectivity index (χ0v) is 11.0. The fraction of sp³-hybridized carbons (Fsp3) is 0.133. The first-order valence-electron chi connectivity index (χ1n) is 6.56. The number of ether oxygens (including phenoxy) is 1. The minimum Gasteiger partial charge on any atom is -0.493 e. The van der Waals surface area contributed by atoms with E-state index in [-0.39, 0.29) is 5.56 Å². The summed E-state index contributed by atoms with van der Waals surface area (Å²) in [5.74, 6) is 0.589. The topological polar surface area (TPSA) is 88.1 Å². The molecule has 6 nitrogen and oxygen atoms in total. The molecule has 1 aliphatic heterocycles. The molecule has 0 saturated heterocycles. The fourth-order valence-corrected chi connectivity index (χ4v) is 2.49. The maximum Gasteiger partial charge on any atom is 0.337 e. The minimum absolute atomic E-state index is 0.139. The first-order valence-corrected chi connectivity index (χ1v) is 6.56. The van der Waals surface area contributed by atoms with Gasteiger partial charge in [0.1, 0.15) is 11.6 Å². The van der Waals surface area contributed by atoms with Crippen molar-refractivity contribution >= 4 is 17.1 Å². The van der Waals surface area contributed by atoms with Crippen LogP contribution in [-0.2, 0) is 6.42 Å². The van der Waals surface area contributed by atoms with Gasteiger partial charge in [-0.15, -0.1) is 0 Å². The van der Waals surface area contributed by atoms with Gasteiger partial charge >= 0.3 is 5.97 Å². The summed E-state index contributed by atoms with van der Waals surface area (Å²) in [7, 11) is 0. The molecule has 104 valence electrons. The van der Waals surface area contributed by atoms with Gasteiger partial charge in [0.2, 0.25) is 0 Å². The summed E-state index contributed by atoms with van der Waals surface area (Å²) in [6.07, 6.45) is 2.20. The van der Waals surface area contributed by atoms with E-state index in [9.17, 15) is 4.79 Å². The molecular formula is C15H11N3O3. The number of H-pyrrole nitrogens is 1. The Kier molecular flexibility index (Phi) is 2.44. The van der Waals surface area contributed by atoms with E-state index in [4.69, 9.17) is 9.84 Å². The van der Waals surface area contributed by atoms with Crippen LogP contribution in [0, 0.1) is 0 Å². The molecule has 0 saturated carbocycles. The van der Waals surface area contributed by atoms with Crippen LogP contribution in [0.15, 0.2) is 30.5 Å². The number of hydrogen-bond acceptors (Lipinski definition) is 4. The minimum atomic E-state index is -1.00. The Labute approximate surface area is 119 Å². The molecule has 1 aromatic carbocycles. The summed E-state index contributed by atoms with van der Waals surface area (Å²) in [6.45, 7) is 0.711. The summed E-state index contributed by atoms with van der Waals surface area (Å²) in [4.78, 5) is 22.6. The number of aromatic amines is 1. The van der Waals surface area contributed by atoms with Gasteiger partial charge < -0.3 is 14.8 Å². The zero-order valence-electron chi connectivity index (χ0n) is 11.0. The van der Waals surface area contributed by atoms with E-state index in [1.54, 1.807) is 0 Å². The highest BCUT2D eigenvalue weighted by Gasteiger charge is 2.15. The molecule has 0 aliphatic carbocycles. The second-order valence-corrected chi connectivity index (χ2v) is 4.91. The highest BCUT2D eigenvalue weighted by molar-refractivity contribution is 5.91. The van der Waals surface area contributed by atoms with Crippen molar-refractivity contribution in [2.24, 2.45) is 0 Å². The standard InChI is InChI=1S/C15H11N3O3/c19-15(20)10-6-11-14(16-7-10)18-13(17-11)9-1-2-12-8(5-9)3-4-21-12/h1-2,5-7H,3-4H2,(H,19,20)(H,16,17,18). The Morgan fingerprint density at radius 2 is 2.24 bits per heavy atom. The molecular weight excluding hydrogens is 270 g/mol. The van der Waals surface area contributed by atoms with Crippen molar-refractivity contribution in [1.82, 2.24) is 15.0 Å². The molecule has 6 heteroatoms. The average Bonchev–Trinajstić information content (AvgIpc) is 3.11. The van der Waals surface area contributed by atoms with E-state index in [2.05, 4.69) is 15.0 Å². The fourth-order valence-electron chi connectivity index (χ4n) is 2.49. The number of pyridine rings is 1. The molecule has 1 aliphatic rings. The maximum atomic E-state index is 11.0. The lowest BCUT2D eigenvalue weighted by atomic mass is 10.1. The van der Waals surface area contributed by atoms with Gasteiger partial charge in [-0.05, 0) is 29.8 Å². The molecule has 0 fully saturated rings. The molecule has 0 atom stereocenters. The van der Waals surface area contributed by atoms with Crippen molar-refractivity contribution in [3.8, 4) is 17.1 Å². The van der Waals surface area contributed by atoms with E-state index < -0.39 is 5.97 Å². The van der Waals surface area contributed by atoms with Crippen LogP contribution < -0.4 is 4.74 Å². The molecule has 3 heterocycles.